The van der Waals surface area contributed by atoms with Crippen molar-refractivity contribution in [3.05, 3.63) is 57.4 Å². The lowest BCUT2D eigenvalue weighted by atomic mass is 10.1. The third-order valence-electron chi connectivity index (χ3n) is 4.12. The monoisotopic (exact) mass is 433 g/mol. The fourth-order valence-electron chi connectivity index (χ4n) is 2.67. The first-order valence-corrected chi connectivity index (χ1v) is 9.21. The number of para-hydroxylation sites is 1. The number of benzene rings is 1. The minimum atomic E-state index is -0.404. The van der Waals surface area contributed by atoms with Crippen LogP contribution < -0.4 is 10.1 Å². The van der Waals surface area contributed by atoms with Gasteiger partial charge in [-0.05, 0) is 47.8 Å². The number of aryl methyl sites for hydroxylation is 1. The Hall–Kier alpha value is -2.68. The molecule has 0 saturated heterocycles. The van der Waals surface area contributed by atoms with Gasteiger partial charge in [0.1, 0.15) is 12.3 Å². The SMILES string of the molecule is COc1ccccc1CCNC(=O)c1nc(Cn2nc(C)c(Br)c2C)no1. The Morgan fingerprint density at radius 2 is 2.11 bits per heavy atom. The van der Waals surface area contributed by atoms with Crippen LogP contribution in [0.4, 0.5) is 0 Å². The Bertz CT molecular complexity index is 950. The quantitative estimate of drug-likeness (QED) is 0.615. The number of amides is 1. The summed E-state index contributed by atoms with van der Waals surface area (Å²) in [6, 6.07) is 7.69. The van der Waals surface area contributed by atoms with E-state index in [1.807, 2.05) is 38.1 Å². The predicted octanol–water partition coefficient (Wildman–Crippen LogP) is 2.67. The summed E-state index contributed by atoms with van der Waals surface area (Å²) in [5.41, 5.74) is 2.85. The summed E-state index contributed by atoms with van der Waals surface area (Å²) in [7, 11) is 1.62. The van der Waals surface area contributed by atoms with Gasteiger partial charge in [-0.3, -0.25) is 9.48 Å². The number of hydrogen-bond donors (Lipinski definition) is 1. The third kappa shape index (κ3) is 4.36. The number of carbonyl (C=O) groups excluding carboxylic acids is 1. The topological polar surface area (TPSA) is 95.1 Å². The van der Waals surface area contributed by atoms with Crippen LogP contribution in [0.3, 0.4) is 0 Å². The molecule has 1 N–H and O–H groups in total. The largest absolute Gasteiger partial charge is 0.496 e. The molecule has 0 fully saturated rings. The average molecular weight is 434 g/mol. The lowest BCUT2D eigenvalue weighted by Gasteiger charge is -2.08. The fraction of sp³-hybridized carbons (Fsp3) is 0.333. The molecule has 3 aromatic rings. The number of carbonyl (C=O) groups is 1. The molecule has 0 unspecified atom stereocenters. The summed E-state index contributed by atoms with van der Waals surface area (Å²) >= 11 is 3.48. The van der Waals surface area contributed by atoms with E-state index in [0.717, 1.165) is 27.2 Å². The van der Waals surface area contributed by atoms with Crippen molar-refractivity contribution in [3.63, 3.8) is 0 Å². The lowest BCUT2D eigenvalue weighted by molar-refractivity contribution is 0.0910. The summed E-state index contributed by atoms with van der Waals surface area (Å²) in [5.74, 6) is 0.717. The van der Waals surface area contributed by atoms with Crippen LogP contribution in [-0.4, -0.2) is 39.5 Å². The predicted molar refractivity (Wildman–Crippen MR) is 102 cm³/mol. The van der Waals surface area contributed by atoms with Gasteiger partial charge in [0.15, 0.2) is 5.82 Å². The highest BCUT2D eigenvalue weighted by Gasteiger charge is 2.17. The second-order valence-corrected chi connectivity index (χ2v) is 6.77. The van der Waals surface area contributed by atoms with Gasteiger partial charge in [-0.25, -0.2) is 0 Å². The Kier molecular flexibility index (Phi) is 5.90. The lowest BCUT2D eigenvalue weighted by Crippen LogP contribution is -2.26. The molecule has 0 bridgehead atoms. The van der Waals surface area contributed by atoms with Crippen molar-refractivity contribution in [2.45, 2.75) is 26.8 Å². The van der Waals surface area contributed by atoms with Crippen LogP contribution in [0.1, 0.15) is 33.5 Å². The number of nitrogens with one attached hydrogen (secondary N) is 1. The highest BCUT2D eigenvalue weighted by Crippen LogP contribution is 2.20. The maximum absolute atomic E-state index is 12.2. The van der Waals surface area contributed by atoms with Crippen molar-refractivity contribution in [2.24, 2.45) is 0 Å². The smallest absolute Gasteiger partial charge is 0.316 e. The molecule has 2 aromatic heterocycles. The molecule has 1 amide bonds. The van der Waals surface area contributed by atoms with Crippen LogP contribution in [0.2, 0.25) is 0 Å². The number of methoxy groups -OCH3 is 1. The molecule has 142 valence electrons. The van der Waals surface area contributed by atoms with Crippen molar-refractivity contribution in [1.82, 2.24) is 25.2 Å². The van der Waals surface area contributed by atoms with Crippen molar-refractivity contribution in [2.75, 3.05) is 13.7 Å². The fourth-order valence-corrected chi connectivity index (χ4v) is 2.95. The molecule has 1 aromatic carbocycles. The summed E-state index contributed by atoms with van der Waals surface area (Å²) in [4.78, 5) is 16.4. The molecule has 2 heterocycles. The number of halogens is 1. The van der Waals surface area contributed by atoms with Crippen LogP contribution in [0.25, 0.3) is 0 Å². The van der Waals surface area contributed by atoms with Crippen molar-refractivity contribution >= 4 is 21.8 Å². The molecule has 0 spiro atoms. The number of nitrogens with zero attached hydrogens (tertiary/aromatic N) is 4. The second kappa shape index (κ2) is 8.34. The van der Waals surface area contributed by atoms with Crippen LogP contribution in [0.5, 0.6) is 5.75 Å². The zero-order valence-electron chi connectivity index (χ0n) is 15.3. The molecule has 0 radical (unpaired) electrons. The van der Waals surface area contributed by atoms with Crippen LogP contribution >= 0.6 is 15.9 Å². The van der Waals surface area contributed by atoms with Crippen LogP contribution in [0.15, 0.2) is 33.3 Å². The van der Waals surface area contributed by atoms with Crippen LogP contribution in [0, 0.1) is 13.8 Å². The number of ether oxygens (including phenoxy) is 1. The molecule has 0 aliphatic carbocycles. The summed E-state index contributed by atoms with van der Waals surface area (Å²) in [5, 5.41) is 11.0. The molecule has 0 saturated carbocycles. The maximum Gasteiger partial charge on any atom is 0.316 e. The molecule has 0 atom stereocenters. The zero-order valence-corrected chi connectivity index (χ0v) is 16.9. The zero-order chi connectivity index (χ0) is 19.4. The molecule has 3 rings (SSSR count). The Morgan fingerprint density at radius 3 is 2.81 bits per heavy atom. The molecule has 9 heteroatoms. The molecule has 0 aliphatic rings. The van der Waals surface area contributed by atoms with E-state index < -0.39 is 5.91 Å². The summed E-state index contributed by atoms with van der Waals surface area (Å²) in [6.45, 7) is 4.61. The van der Waals surface area contributed by atoms with E-state index in [1.54, 1.807) is 11.8 Å². The standard InChI is InChI=1S/C18H20BrN5O3/c1-11-16(19)12(2)24(22-11)10-15-21-18(27-23-15)17(25)20-9-8-13-6-4-5-7-14(13)26-3/h4-7H,8-10H2,1-3H3,(H,20,25). The third-order valence-corrected chi connectivity index (χ3v) is 5.27. The van der Waals surface area contributed by atoms with Gasteiger partial charge in [0.05, 0.1) is 23.0 Å². The average Bonchev–Trinajstić information content (AvgIpc) is 3.23. The minimum absolute atomic E-state index is 0.0642. The van der Waals surface area contributed by atoms with Crippen molar-refractivity contribution < 1.29 is 14.1 Å². The van der Waals surface area contributed by atoms with E-state index in [9.17, 15) is 4.79 Å². The van der Waals surface area contributed by atoms with Gasteiger partial charge < -0.3 is 14.6 Å². The molecular weight excluding hydrogens is 414 g/mol. The normalized spacial score (nSPS) is 10.8. The highest BCUT2D eigenvalue weighted by atomic mass is 79.9. The van der Waals surface area contributed by atoms with Crippen molar-refractivity contribution in [1.29, 1.82) is 0 Å². The summed E-state index contributed by atoms with van der Waals surface area (Å²) < 4.78 is 13.1. The molecular formula is C18H20BrN5O3. The molecule has 27 heavy (non-hydrogen) atoms. The van der Waals surface area contributed by atoms with Gasteiger partial charge in [-0.15, -0.1) is 0 Å². The van der Waals surface area contributed by atoms with Crippen LogP contribution in [-0.2, 0) is 13.0 Å². The van der Waals surface area contributed by atoms with Gasteiger partial charge in [0.25, 0.3) is 0 Å². The molecule has 0 aliphatic heterocycles. The van der Waals surface area contributed by atoms with Gasteiger partial charge in [0.2, 0.25) is 0 Å². The van der Waals surface area contributed by atoms with Gasteiger partial charge >= 0.3 is 11.8 Å². The van der Waals surface area contributed by atoms with E-state index in [1.165, 1.54) is 0 Å². The van der Waals surface area contributed by atoms with Gasteiger partial charge in [0, 0.05) is 6.54 Å². The van der Waals surface area contributed by atoms with E-state index >= 15 is 0 Å². The summed E-state index contributed by atoms with van der Waals surface area (Å²) in [6.07, 6.45) is 0.635. The van der Waals surface area contributed by atoms with Crippen molar-refractivity contribution in [3.8, 4) is 5.75 Å². The van der Waals surface area contributed by atoms with E-state index in [0.29, 0.717) is 25.3 Å². The Balaban J connectivity index is 1.57. The number of hydrogen-bond acceptors (Lipinski definition) is 6. The maximum atomic E-state index is 12.2. The first-order valence-electron chi connectivity index (χ1n) is 8.41. The first-order chi connectivity index (χ1) is 13.0. The van der Waals surface area contributed by atoms with E-state index in [2.05, 4.69) is 36.5 Å². The van der Waals surface area contributed by atoms with Gasteiger partial charge in [-0.1, -0.05) is 23.4 Å². The number of rotatable bonds is 7. The minimum Gasteiger partial charge on any atom is -0.496 e. The Morgan fingerprint density at radius 1 is 1.33 bits per heavy atom. The van der Waals surface area contributed by atoms with Gasteiger partial charge in [-0.2, -0.15) is 10.1 Å². The first kappa shape index (κ1) is 19.1. The highest BCUT2D eigenvalue weighted by molar-refractivity contribution is 9.10. The molecule has 8 nitrogen and oxygen atoms in total. The van der Waals surface area contributed by atoms with E-state index in [4.69, 9.17) is 9.26 Å². The van der Waals surface area contributed by atoms with E-state index in [-0.39, 0.29) is 5.89 Å². The Labute approximate surface area is 165 Å². The number of aromatic nitrogens is 4. The second-order valence-electron chi connectivity index (χ2n) is 5.98.